The number of nitrogens with zero attached hydrogens (tertiary/aromatic N) is 3. The minimum absolute atomic E-state index is 0.540. The number of hydrogen-bond donors (Lipinski definition) is 0. The van der Waals surface area contributed by atoms with Crippen molar-refractivity contribution in [3.8, 4) is 6.07 Å². The maximum absolute atomic E-state index is 8.69. The Morgan fingerprint density at radius 1 is 1.54 bits per heavy atom. The van der Waals surface area contributed by atoms with E-state index in [1.165, 1.54) is 0 Å². The molecule has 0 atom stereocenters. The van der Waals surface area contributed by atoms with Gasteiger partial charge in [-0.05, 0) is 0 Å². The number of fused-ring (bicyclic) bond motifs is 1. The van der Waals surface area contributed by atoms with E-state index >= 15 is 0 Å². The SMILES string of the molecule is [CH3][Sn][n]1ncc2cc(C#N)ccc21. The normalized spacial score (nSPS) is 10.2. The first kappa shape index (κ1) is 8.57. The molecule has 0 amide bonds. The van der Waals surface area contributed by atoms with Crippen molar-refractivity contribution in [1.29, 1.82) is 5.26 Å². The Morgan fingerprint density at radius 2 is 2.38 bits per heavy atom. The van der Waals surface area contributed by atoms with Crippen molar-refractivity contribution in [2.24, 2.45) is 0 Å². The molecule has 3 nitrogen and oxygen atoms in total. The summed E-state index contributed by atoms with van der Waals surface area (Å²) in [6, 6.07) is 7.83. The Hall–Kier alpha value is -1.02. The first-order valence-electron chi connectivity index (χ1n) is 3.91. The third kappa shape index (κ3) is 1.42. The molecule has 2 rings (SSSR count). The van der Waals surface area contributed by atoms with Gasteiger partial charge in [-0.3, -0.25) is 0 Å². The van der Waals surface area contributed by atoms with E-state index in [2.05, 4.69) is 19.0 Å². The average Bonchev–Trinajstić information content (AvgIpc) is 2.59. The van der Waals surface area contributed by atoms with Crippen LogP contribution in [0.25, 0.3) is 10.9 Å². The van der Waals surface area contributed by atoms with Crippen LogP contribution in [-0.2, 0) is 0 Å². The van der Waals surface area contributed by atoms with Gasteiger partial charge in [-0.2, -0.15) is 0 Å². The van der Waals surface area contributed by atoms with Crippen LogP contribution >= 0.6 is 0 Å². The van der Waals surface area contributed by atoms with Crippen molar-refractivity contribution in [3.63, 3.8) is 0 Å². The summed E-state index contributed by atoms with van der Waals surface area (Å²) >= 11 is -0.540. The fourth-order valence-corrected chi connectivity index (χ4v) is 3.04. The van der Waals surface area contributed by atoms with Gasteiger partial charge in [0.1, 0.15) is 0 Å². The van der Waals surface area contributed by atoms with E-state index in [9.17, 15) is 0 Å². The standard InChI is InChI=1S/C8H4N3.CH3.Sn/c9-4-6-1-2-8-7(3-6)5-10-11-8;;/h1-3,5H;1H3;/q-1;;+1. The molecule has 0 saturated heterocycles. The van der Waals surface area contributed by atoms with Gasteiger partial charge in [0.05, 0.1) is 0 Å². The molecule has 1 aromatic heterocycles. The number of rotatable bonds is 1. The summed E-state index contributed by atoms with van der Waals surface area (Å²) in [7, 11) is 0. The van der Waals surface area contributed by atoms with Crippen molar-refractivity contribution in [3.05, 3.63) is 30.0 Å². The Labute approximate surface area is 86.5 Å². The maximum atomic E-state index is 8.69. The van der Waals surface area contributed by atoms with Gasteiger partial charge >= 0.3 is 86.6 Å². The molecule has 0 aliphatic carbocycles. The van der Waals surface area contributed by atoms with Crippen LogP contribution < -0.4 is 0 Å². The summed E-state index contributed by atoms with van der Waals surface area (Å²) in [5.41, 5.74) is 1.86. The third-order valence-corrected chi connectivity index (χ3v) is 4.14. The van der Waals surface area contributed by atoms with Crippen LogP contribution in [0.4, 0.5) is 0 Å². The molecule has 0 unspecified atom stereocenters. The zero-order valence-corrected chi connectivity index (χ0v) is 10.0. The number of hydrogen-bond acceptors (Lipinski definition) is 2. The monoisotopic (exact) mass is 277 g/mol. The van der Waals surface area contributed by atoms with Crippen LogP contribution in [0.3, 0.4) is 0 Å². The van der Waals surface area contributed by atoms with Crippen LogP contribution in [0.15, 0.2) is 24.4 Å². The fourth-order valence-electron chi connectivity index (χ4n) is 1.28. The molecule has 4 heteroatoms. The molecule has 0 aliphatic rings. The summed E-state index contributed by atoms with van der Waals surface area (Å²) in [6.45, 7) is 0. The fraction of sp³-hybridized carbons (Fsp3) is 0.111. The van der Waals surface area contributed by atoms with E-state index in [-0.39, 0.29) is 0 Å². The molecule has 13 heavy (non-hydrogen) atoms. The zero-order valence-electron chi connectivity index (χ0n) is 7.15. The molecular weight excluding hydrogens is 269 g/mol. The van der Waals surface area contributed by atoms with E-state index in [4.69, 9.17) is 5.26 Å². The van der Waals surface area contributed by atoms with Crippen molar-refractivity contribution in [1.82, 2.24) is 8.00 Å². The van der Waals surface area contributed by atoms with E-state index in [0.717, 1.165) is 10.9 Å². The van der Waals surface area contributed by atoms with Gasteiger partial charge in [-0.15, -0.1) is 0 Å². The Morgan fingerprint density at radius 3 is 3.08 bits per heavy atom. The summed E-state index contributed by atoms with van der Waals surface area (Å²) in [5.74, 6) is 0. The zero-order chi connectivity index (χ0) is 9.26. The van der Waals surface area contributed by atoms with Crippen LogP contribution in [0.1, 0.15) is 5.56 Å². The summed E-state index contributed by atoms with van der Waals surface area (Å²) in [6.07, 6.45) is 1.83. The predicted octanol–water partition coefficient (Wildman–Crippen LogP) is 1.42. The van der Waals surface area contributed by atoms with Crippen LogP contribution in [0.2, 0.25) is 4.94 Å². The van der Waals surface area contributed by atoms with Gasteiger partial charge in [0.2, 0.25) is 0 Å². The molecule has 62 valence electrons. The summed E-state index contributed by atoms with van der Waals surface area (Å²) in [4.78, 5) is 2.22. The van der Waals surface area contributed by atoms with Gasteiger partial charge in [0, 0.05) is 0 Å². The Balaban J connectivity index is 2.70. The van der Waals surface area contributed by atoms with Crippen LogP contribution in [-0.4, -0.2) is 29.4 Å². The average molecular weight is 276 g/mol. The molecule has 0 bridgehead atoms. The van der Waals surface area contributed by atoms with Gasteiger partial charge in [0.15, 0.2) is 0 Å². The molecule has 1 heterocycles. The van der Waals surface area contributed by atoms with Crippen LogP contribution in [0, 0.1) is 11.3 Å². The molecular formula is C9H7N3Sn. The first-order valence-corrected chi connectivity index (χ1v) is 8.04. The van der Waals surface area contributed by atoms with Crippen molar-refractivity contribution in [2.45, 2.75) is 4.94 Å². The summed E-state index contributed by atoms with van der Waals surface area (Å²) < 4.78 is 2.08. The number of nitriles is 1. The predicted molar refractivity (Wildman–Crippen MR) is 51.5 cm³/mol. The summed E-state index contributed by atoms with van der Waals surface area (Å²) in [5, 5.41) is 14.0. The molecule has 0 spiro atoms. The quantitative estimate of drug-likeness (QED) is 0.739. The second-order valence-electron chi connectivity index (χ2n) is 2.67. The van der Waals surface area contributed by atoms with E-state index in [0.29, 0.717) is 5.56 Å². The van der Waals surface area contributed by atoms with Crippen molar-refractivity contribution >= 4 is 32.3 Å². The molecule has 0 N–H and O–H groups in total. The topological polar surface area (TPSA) is 41.6 Å². The Bertz CT molecular complexity index is 481. The number of aromatic nitrogens is 2. The second-order valence-corrected chi connectivity index (χ2v) is 5.15. The van der Waals surface area contributed by atoms with Gasteiger partial charge < -0.3 is 0 Å². The molecule has 1 aromatic carbocycles. The molecule has 0 aliphatic heterocycles. The van der Waals surface area contributed by atoms with E-state index in [1.807, 2.05) is 24.4 Å². The molecule has 0 saturated carbocycles. The minimum atomic E-state index is -0.540. The second kappa shape index (κ2) is 3.38. The van der Waals surface area contributed by atoms with Crippen LogP contribution in [0.5, 0.6) is 0 Å². The van der Waals surface area contributed by atoms with Gasteiger partial charge in [-0.25, -0.2) is 0 Å². The van der Waals surface area contributed by atoms with Crippen molar-refractivity contribution in [2.75, 3.05) is 0 Å². The van der Waals surface area contributed by atoms with Gasteiger partial charge in [-0.1, -0.05) is 0 Å². The Kier molecular flexibility index (Phi) is 2.23. The molecule has 2 radical (unpaired) electrons. The van der Waals surface area contributed by atoms with Gasteiger partial charge in [0.25, 0.3) is 0 Å². The number of benzene rings is 1. The molecule has 2 aromatic rings. The van der Waals surface area contributed by atoms with E-state index < -0.39 is 21.4 Å². The first-order chi connectivity index (χ1) is 6.35. The molecule has 0 fully saturated rings. The third-order valence-electron chi connectivity index (χ3n) is 1.91. The van der Waals surface area contributed by atoms with E-state index in [1.54, 1.807) is 0 Å². The van der Waals surface area contributed by atoms with Crippen molar-refractivity contribution < 1.29 is 0 Å².